The summed E-state index contributed by atoms with van der Waals surface area (Å²) >= 11 is 1.24. The number of rotatable bonds is 4. The summed E-state index contributed by atoms with van der Waals surface area (Å²) in [5.74, 6) is 0.667. The monoisotopic (exact) mass is 296 g/mol. The summed E-state index contributed by atoms with van der Waals surface area (Å²) in [5.41, 5.74) is 0. The van der Waals surface area contributed by atoms with E-state index in [1.807, 2.05) is 6.07 Å². The number of nitrogens with zero attached hydrogens (tertiary/aromatic N) is 3. The lowest BCUT2D eigenvalue weighted by molar-refractivity contribution is 0.281. The molecule has 3 rings (SSSR count). The number of hydrogen-bond acceptors (Lipinski definition) is 6. The minimum Gasteiger partial charge on any atom is -0.363 e. The van der Waals surface area contributed by atoms with E-state index in [-0.39, 0.29) is 6.04 Å². The van der Waals surface area contributed by atoms with E-state index in [0.29, 0.717) is 23.1 Å². The molecule has 19 heavy (non-hydrogen) atoms. The topological polar surface area (TPSA) is 75.2 Å². The predicted octanol–water partition coefficient (Wildman–Crippen LogP) is 1.02. The number of thiophene rings is 1. The lowest BCUT2D eigenvalue weighted by atomic mass is 10.2. The maximum Gasteiger partial charge on any atom is 0.252 e. The normalized spacial score (nSPS) is 17.1. The highest BCUT2D eigenvalue weighted by Crippen LogP contribution is 2.25. The van der Waals surface area contributed by atoms with Crippen molar-refractivity contribution in [3.63, 3.8) is 0 Å². The van der Waals surface area contributed by atoms with Crippen LogP contribution in [0.25, 0.3) is 0 Å². The van der Waals surface area contributed by atoms with E-state index >= 15 is 0 Å². The highest BCUT2D eigenvalue weighted by atomic mass is 32.2. The van der Waals surface area contributed by atoms with E-state index < -0.39 is 10.0 Å². The Labute approximate surface area is 115 Å². The fourth-order valence-corrected chi connectivity index (χ4v) is 4.53. The molecule has 0 unspecified atom stereocenters. The zero-order valence-corrected chi connectivity index (χ0v) is 11.6. The first-order chi connectivity index (χ1) is 9.16. The molecule has 0 amide bonds. The van der Waals surface area contributed by atoms with Gasteiger partial charge in [0, 0.05) is 19.3 Å². The van der Waals surface area contributed by atoms with Gasteiger partial charge in [0.05, 0.1) is 6.04 Å². The van der Waals surface area contributed by atoms with E-state index in [2.05, 4.69) is 15.5 Å². The lowest BCUT2D eigenvalue weighted by Gasteiger charge is -2.38. The molecular weight excluding hydrogens is 284 g/mol. The molecule has 1 fully saturated rings. The Balaban J connectivity index is 1.62. The molecule has 1 aliphatic rings. The molecule has 0 aromatic carbocycles. The van der Waals surface area contributed by atoms with E-state index in [0.717, 1.165) is 0 Å². The molecule has 2 aromatic heterocycles. The van der Waals surface area contributed by atoms with Crippen molar-refractivity contribution in [2.24, 2.45) is 0 Å². The van der Waals surface area contributed by atoms with Crippen molar-refractivity contribution in [2.45, 2.75) is 10.3 Å². The molecule has 1 N–H and O–H groups in total. The molecule has 1 saturated heterocycles. The second-order valence-electron chi connectivity index (χ2n) is 4.20. The van der Waals surface area contributed by atoms with Crippen molar-refractivity contribution >= 4 is 27.2 Å². The third-order valence-corrected chi connectivity index (χ3v) is 6.07. The van der Waals surface area contributed by atoms with Gasteiger partial charge in [-0.05, 0) is 23.6 Å². The van der Waals surface area contributed by atoms with Gasteiger partial charge in [-0.25, -0.2) is 8.42 Å². The summed E-state index contributed by atoms with van der Waals surface area (Å²) in [6, 6.07) is 7.06. The average Bonchev–Trinajstić information content (AvgIpc) is 2.89. The molecule has 3 heterocycles. The van der Waals surface area contributed by atoms with Gasteiger partial charge in [0.15, 0.2) is 0 Å². The molecule has 0 aliphatic carbocycles. The van der Waals surface area contributed by atoms with Gasteiger partial charge in [0.2, 0.25) is 0 Å². The van der Waals surface area contributed by atoms with Crippen LogP contribution in [0.15, 0.2) is 40.1 Å². The molecule has 6 nitrogen and oxygen atoms in total. The zero-order valence-electron chi connectivity index (χ0n) is 9.93. The molecule has 0 atom stereocenters. The van der Waals surface area contributed by atoms with Crippen molar-refractivity contribution in [3.05, 3.63) is 35.8 Å². The number of sulfonamides is 1. The number of anilines is 1. The lowest BCUT2D eigenvalue weighted by Crippen LogP contribution is -2.56. The minimum atomic E-state index is -3.31. The maximum absolute atomic E-state index is 12.2. The molecule has 1 aliphatic heterocycles. The van der Waals surface area contributed by atoms with Gasteiger partial charge < -0.3 is 5.32 Å². The Morgan fingerprint density at radius 2 is 2.16 bits per heavy atom. The van der Waals surface area contributed by atoms with Gasteiger partial charge in [-0.15, -0.1) is 16.4 Å². The number of aromatic nitrogens is 2. The summed E-state index contributed by atoms with van der Waals surface area (Å²) in [6.07, 6.45) is 1.60. The fourth-order valence-electron chi connectivity index (χ4n) is 1.85. The van der Waals surface area contributed by atoms with Crippen molar-refractivity contribution in [1.29, 1.82) is 0 Å². The average molecular weight is 296 g/mol. The van der Waals surface area contributed by atoms with Crippen LogP contribution >= 0.6 is 11.3 Å². The number of nitrogens with one attached hydrogen (secondary N) is 1. The van der Waals surface area contributed by atoms with Crippen molar-refractivity contribution in [1.82, 2.24) is 14.5 Å². The molecule has 0 bridgehead atoms. The van der Waals surface area contributed by atoms with Gasteiger partial charge in [-0.2, -0.15) is 9.40 Å². The van der Waals surface area contributed by atoms with Crippen LogP contribution in [0.2, 0.25) is 0 Å². The maximum atomic E-state index is 12.2. The van der Waals surface area contributed by atoms with E-state index in [1.54, 1.807) is 29.8 Å². The summed E-state index contributed by atoms with van der Waals surface area (Å²) in [5, 5.41) is 12.6. The van der Waals surface area contributed by atoms with Gasteiger partial charge in [-0.1, -0.05) is 6.07 Å². The van der Waals surface area contributed by atoms with Crippen LogP contribution in [-0.4, -0.2) is 42.1 Å². The first kappa shape index (κ1) is 12.5. The molecule has 0 spiro atoms. The molecular formula is C11H12N4O2S2. The van der Waals surface area contributed by atoms with E-state index in [1.165, 1.54) is 15.6 Å². The van der Waals surface area contributed by atoms with Crippen LogP contribution in [0.1, 0.15) is 0 Å². The first-order valence-corrected chi connectivity index (χ1v) is 8.06. The van der Waals surface area contributed by atoms with E-state index in [4.69, 9.17) is 0 Å². The fraction of sp³-hybridized carbons (Fsp3) is 0.273. The summed E-state index contributed by atoms with van der Waals surface area (Å²) in [7, 11) is -3.31. The summed E-state index contributed by atoms with van der Waals surface area (Å²) in [6.45, 7) is 0.910. The Morgan fingerprint density at radius 1 is 1.32 bits per heavy atom. The highest BCUT2D eigenvalue weighted by Gasteiger charge is 2.37. The zero-order chi connectivity index (χ0) is 13.3. The van der Waals surface area contributed by atoms with Gasteiger partial charge >= 0.3 is 0 Å². The van der Waals surface area contributed by atoms with Gasteiger partial charge in [-0.3, -0.25) is 0 Å². The first-order valence-electron chi connectivity index (χ1n) is 5.74. The van der Waals surface area contributed by atoms with Crippen molar-refractivity contribution < 1.29 is 8.42 Å². The quantitative estimate of drug-likeness (QED) is 0.912. The van der Waals surface area contributed by atoms with Crippen LogP contribution in [0.3, 0.4) is 0 Å². The third-order valence-electron chi connectivity index (χ3n) is 2.86. The van der Waals surface area contributed by atoms with Gasteiger partial charge in [0.1, 0.15) is 10.0 Å². The summed E-state index contributed by atoms with van der Waals surface area (Å²) in [4.78, 5) is 0. The SMILES string of the molecule is O=S(=O)(c1cccs1)N1CC(Nc2cccnn2)C1. The van der Waals surface area contributed by atoms with Crippen LogP contribution in [0.4, 0.5) is 5.82 Å². The second kappa shape index (κ2) is 4.87. The van der Waals surface area contributed by atoms with Crippen molar-refractivity contribution in [2.75, 3.05) is 18.4 Å². The molecule has 0 radical (unpaired) electrons. The Morgan fingerprint density at radius 3 is 2.79 bits per heavy atom. The highest BCUT2D eigenvalue weighted by molar-refractivity contribution is 7.91. The Bertz CT molecular complexity index is 637. The third kappa shape index (κ3) is 2.46. The standard InChI is InChI=1S/C11H12N4O2S2/c16-19(17,11-4-2-6-18-11)15-7-9(8-15)13-10-3-1-5-12-14-10/h1-6,9H,7-8H2,(H,13,14). The minimum absolute atomic E-state index is 0.0893. The Kier molecular flexibility index (Phi) is 3.21. The molecule has 2 aromatic rings. The second-order valence-corrected chi connectivity index (χ2v) is 7.32. The van der Waals surface area contributed by atoms with Crippen molar-refractivity contribution in [3.8, 4) is 0 Å². The summed E-state index contributed by atoms with van der Waals surface area (Å²) < 4.78 is 26.2. The van der Waals surface area contributed by atoms with Crippen LogP contribution < -0.4 is 5.32 Å². The molecule has 8 heteroatoms. The largest absolute Gasteiger partial charge is 0.363 e. The van der Waals surface area contributed by atoms with E-state index in [9.17, 15) is 8.42 Å². The molecule has 0 saturated carbocycles. The predicted molar refractivity (Wildman–Crippen MR) is 72.5 cm³/mol. The molecule has 100 valence electrons. The van der Waals surface area contributed by atoms with Crippen LogP contribution in [0, 0.1) is 0 Å². The van der Waals surface area contributed by atoms with Crippen LogP contribution in [-0.2, 0) is 10.0 Å². The van der Waals surface area contributed by atoms with Crippen LogP contribution in [0.5, 0.6) is 0 Å². The Hall–Kier alpha value is -1.51. The number of hydrogen-bond donors (Lipinski definition) is 1. The van der Waals surface area contributed by atoms with Gasteiger partial charge in [0.25, 0.3) is 10.0 Å². The smallest absolute Gasteiger partial charge is 0.252 e.